The number of halogens is 2. The Hall–Kier alpha value is -4.63. The van der Waals surface area contributed by atoms with E-state index in [0.29, 0.717) is 59.1 Å². The van der Waals surface area contributed by atoms with Crippen molar-refractivity contribution in [3.05, 3.63) is 110 Å². The van der Waals surface area contributed by atoms with E-state index in [1.165, 1.54) is 0 Å². The molecule has 2 saturated heterocycles. The number of pyridine rings is 2. The largest absolute Gasteiger partial charge is 0.480 e. The van der Waals surface area contributed by atoms with Crippen LogP contribution in [0.2, 0.25) is 10.0 Å². The van der Waals surface area contributed by atoms with E-state index in [9.17, 15) is 25.1 Å². The number of piperidine rings is 1. The fourth-order valence-electron chi connectivity index (χ4n) is 6.73. The van der Waals surface area contributed by atoms with Gasteiger partial charge < -0.3 is 15.5 Å². The molecule has 0 aliphatic carbocycles. The van der Waals surface area contributed by atoms with Crippen LogP contribution in [0, 0.1) is 18.3 Å². The second kappa shape index (κ2) is 16.1. The van der Waals surface area contributed by atoms with Crippen molar-refractivity contribution in [1.82, 2.24) is 19.8 Å². The predicted molar refractivity (Wildman–Crippen MR) is 198 cm³/mol. The lowest BCUT2D eigenvalue weighted by Crippen LogP contribution is -2.44. The van der Waals surface area contributed by atoms with Crippen LogP contribution in [0.3, 0.4) is 0 Å². The van der Waals surface area contributed by atoms with E-state index < -0.39 is 17.9 Å². The molecule has 2 aliphatic heterocycles. The standard InChI is InChI=1S/C39H38Cl2N6O4/c1-24-17-26(32(40)18-27(24)22-47-15-3-2-7-36(47)39(50)51)9-11-33-31(19-42)29(12-14-43-33)30-5-4-6-34(37(30)41)45-38(49)35-10-8-25(20-44-35)21-46-16-13-28(48)23-46/h4-6,8-12,14,17-18,20,28,36,48H,2-3,7,13,15-16,21-23H2,1H3,(H,45,49)(H,50,51)/b11-9+/t28-,36+/m1/s1. The van der Waals surface area contributed by atoms with E-state index in [2.05, 4.69) is 26.3 Å². The van der Waals surface area contributed by atoms with Crippen molar-refractivity contribution in [2.24, 2.45) is 0 Å². The number of hydrogen-bond donors (Lipinski definition) is 3. The first-order chi connectivity index (χ1) is 24.6. The number of aromatic nitrogens is 2. The second-order valence-electron chi connectivity index (χ2n) is 13.0. The number of aliphatic hydroxyl groups excluding tert-OH is 1. The molecule has 3 N–H and O–H groups in total. The minimum absolute atomic E-state index is 0.230. The lowest BCUT2D eigenvalue weighted by Gasteiger charge is -2.33. The average molecular weight is 726 g/mol. The maximum atomic E-state index is 13.1. The third-order valence-electron chi connectivity index (χ3n) is 9.49. The number of β-amino-alcohol motifs (C(OH)–C–C–N with tert-alkyl or cyclic N) is 1. The summed E-state index contributed by atoms with van der Waals surface area (Å²) < 4.78 is 0. The summed E-state index contributed by atoms with van der Waals surface area (Å²) >= 11 is 13.6. The summed E-state index contributed by atoms with van der Waals surface area (Å²) in [4.78, 5) is 37.9. The molecule has 4 heterocycles. The first kappa shape index (κ1) is 36.2. The SMILES string of the molecule is Cc1cc(/C=C/c2nccc(-c3cccc(NC(=O)c4ccc(CN5CC[C@@H](O)C5)cn4)c3Cl)c2C#N)c(Cl)cc1CN1CCCC[C@H]1C(=O)O. The van der Waals surface area contributed by atoms with Crippen LogP contribution in [-0.4, -0.2) is 73.6 Å². The molecule has 51 heavy (non-hydrogen) atoms. The molecule has 2 fully saturated rings. The number of benzene rings is 2. The Labute approximate surface area is 307 Å². The number of aryl methyl sites for hydroxylation is 1. The van der Waals surface area contributed by atoms with Crippen LogP contribution < -0.4 is 5.32 Å². The molecule has 0 bridgehead atoms. The number of likely N-dealkylation sites (tertiary alicyclic amines) is 2. The molecular formula is C39H38Cl2N6O4. The number of aliphatic carboxylic acids is 1. The van der Waals surface area contributed by atoms with E-state index in [1.807, 2.05) is 30.0 Å². The highest BCUT2D eigenvalue weighted by molar-refractivity contribution is 6.36. The van der Waals surface area contributed by atoms with Gasteiger partial charge >= 0.3 is 5.97 Å². The number of aliphatic hydroxyl groups is 1. The molecule has 6 rings (SSSR count). The van der Waals surface area contributed by atoms with Gasteiger partial charge in [0.1, 0.15) is 17.8 Å². The number of nitrogens with one attached hydrogen (secondary N) is 1. The lowest BCUT2D eigenvalue weighted by atomic mass is 9.97. The van der Waals surface area contributed by atoms with Gasteiger partial charge in [-0.25, -0.2) is 0 Å². The van der Waals surface area contributed by atoms with Gasteiger partial charge in [-0.15, -0.1) is 0 Å². The number of rotatable bonds is 10. The number of nitriles is 1. The Morgan fingerprint density at radius 1 is 1.04 bits per heavy atom. The fourth-order valence-corrected chi connectivity index (χ4v) is 7.25. The molecule has 2 aromatic heterocycles. The zero-order valence-electron chi connectivity index (χ0n) is 28.1. The minimum atomic E-state index is -0.798. The van der Waals surface area contributed by atoms with Crippen LogP contribution in [0.1, 0.15) is 69.7 Å². The number of amides is 1. The number of carboxylic acids is 1. The van der Waals surface area contributed by atoms with Crippen molar-refractivity contribution in [1.29, 1.82) is 5.26 Å². The van der Waals surface area contributed by atoms with Crippen molar-refractivity contribution in [3.8, 4) is 17.2 Å². The molecule has 2 atom stereocenters. The summed E-state index contributed by atoms with van der Waals surface area (Å²) in [5.74, 6) is -1.22. The third-order valence-corrected chi connectivity index (χ3v) is 10.2. The second-order valence-corrected chi connectivity index (χ2v) is 13.8. The zero-order chi connectivity index (χ0) is 36.1. The van der Waals surface area contributed by atoms with Gasteiger partial charge in [-0.05, 0) is 85.3 Å². The van der Waals surface area contributed by atoms with E-state index in [1.54, 1.807) is 54.9 Å². The van der Waals surface area contributed by atoms with Gasteiger partial charge in [0.25, 0.3) is 5.91 Å². The van der Waals surface area contributed by atoms with Crippen LogP contribution in [-0.2, 0) is 17.9 Å². The van der Waals surface area contributed by atoms with Gasteiger partial charge in [-0.3, -0.25) is 29.4 Å². The first-order valence-electron chi connectivity index (χ1n) is 16.9. The summed E-state index contributed by atoms with van der Waals surface area (Å²) in [6.07, 6.45) is 9.76. The highest BCUT2D eigenvalue weighted by Gasteiger charge is 2.29. The first-order valence-corrected chi connectivity index (χ1v) is 17.7. The molecule has 12 heteroatoms. The summed E-state index contributed by atoms with van der Waals surface area (Å²) in [5, 5.41) is 33.3. The maximum Gasteiger partial charge on any atom is 0.320 e. The molecule has 0 saturated carbocycles. The molecule has 1 amide bonds. The Morgan fingerprint density at radius 2 is 1.88 bits per heavy atom. The number of anilines is 1. The molecule has 262 valence electrons. The number of nitrogens with zero attached hydrogens (tertiary/aromatic N) is 5. The monoisotopic (exact) mass is 724 g/mol. The molecule has 10 nitrogen and oxygen atoms in total. The zero-order valence-corrected chi connectivity index (χ0v) is 29.7. The lowest BCUT2D eigenvalue weighted by molar-refractivity contribution is -0.144. The van der Waals surface area contributed by atoms with Crippen molar-refractivity contribution >= 4 is 52.9 Å². The molecule has 0 radical (unpaired) electrons. The van der Waals surface area contributed by atoms with Crippen molar-refractivity contribution < 1.29 is 19.8 Å². The van der Waals surface area contributed by atoms with Crippen LogP contribution in [0.25, 0.3) is 23.3 Å². The maximum absolute atomic E-state index is 13.1. The number of carboxylic acid groups (broad SMARTS) is 1. The van der Waals surface area contributed by atoms with E-state index in [4.69, 9.17) is 23.2 Å². The highest BCUT2D eigenvalue weighted by atomic mass is 35.5. The minimum Gasteiger partial charge on any atom is -0.480 e. The Morgan fingerprint density at radius 3 is 2.61 bits per heavy atom. The fraction of sp³-hybridized carbons (Fsp3) is 0.308. The van der Waals surface area contributed by atoms with Gasteiger partial charge in [0.2, 0.25) is 0 Å². The van der Waals surface area contributed by atoms with Crippen molar-refractivity contribution in [2.45, 2.75) is 57.8 Å². The predicted octanol–water partition coefficient (Wildman–Crippen LogP) is 7.06. The topological polar surface area (TPSA) is 143 Å². The number of carbonyl (C=O) groups is 2. The third kappa shape index (κ3) is 8.47. The van der Waals surface area contributed by atoms with Gasteiger partial charge in [0.05, 0.1) is 28.1 Å². The van der Waals surface area contributed by atoms with Crippen LogP contribution in [0.5, 0.6) is 0 Å². The van der Waals surface area contributed by atoms with Crippen molar-refractivity contribution in [2.75, 3.05) is 25.0 Å². The summed E-state index contributed by atoms with van der Waals surface area (Å²) in [6.45, 7) is 5.30. The van der Waals surface area contributed by atoms with Crippen LogP contribution in [0.15, 0.2) is 60.9 Å². The average Bonchev–Trinajstić information content (AvgIpc) is 3.54. The molecular weight excluding hydrogens is 687 g/mol. The summed E-state index contributed by atoms with van der Waals surface area (Å²) in [6, 6.07) is 16.0. The summed E-state index contributed by atoms with van der Waals surface area (Å²) in [7, 11) is 0. The Bertz CT molecular complexity index is 2010. The molecule has 0 spiro atoms. The van der Waals surface area contributed by atoms with Crippen LogP contribution >= 0.6 is 23.2 Å². The van der Waals surface area contributed by atoms with Crippen molar-refractivity contribution in [3.63, 3.8) is 0 Å². The molecule has 2 aromatic carbocycles. The van der Waals surface area contributed by atoms with E-state index >= 15 is 0 Å². The van der Waals surface area contributed by atoms with Gasteiger partial charge in [-0.2, -0.15) is 5.26 Å². The van der Waals surface area contributed by atoms with E-state index in [-0.39, 0.29) is 16.8 Å². The van der Waals surface area contributed by atoms with Gasteiger partial charge in [0, 0.05) is 54.7 Å². The smallest absolute Gasteiger partial charge is 0.320 e. The van der Waals surface area contributed by atoms with Gasteiger partial charge in [-0.1, -0.05) is 60.0 Å². The normalized spacial score (nSPS) is 18.2. The van der Waals surface area contributed by atoms with Crippen LogP contribution in [0.4, 0.5) is 5.69 Å². The Balaban J connectivity index is 1.18. The molecule has 0 unspecified atom stereocenters. The number of hydrogen-bond acceptors (Lipinski definition) is 8. The summed E-state index contributed by atoms with van der Waals surface area (Å²) in [5.41, 5.74) is 6.06. The van der Waals surface area contributed by atoms with Gasteiger partial charge in [0.15, 0.2) is 0 Å². The molecule has 4 aromatic rings. The quantitative estimate of drug-likeness (QED) is 0.157. The van der Waals surface area contributed by atoms with E-state index in [0.717, 1.165) is 54.6 Å². The number of carbonyl (C=O) groups excluding carboxylic acids is 1. The highest BCUT2D eigenvalue weighted by Crippen LogP contribution is 2.37. The molecule has 2 aliphatic rings. The Kier molecular flexibility index (Phi) is 11.5.